The van der Waals surface area contributed by atoms with Gasteiger partial charge in [0.1, 0.15) is 5.75 Å². The Hall–Kier alpha value is -3.28. The number of carboxylic acids is 1. The maximum atomic E-state index is 12.7. The maximum absolute atomic E-state index is 12.7. The van der Waals surface area contributed by atoms with E-state index in [2.05, 4.69) is 29.7 Å². The highest BCUT2D eigenvalue weighted by molar-refractivity contribution is 6.04. The number of fused-ring (bicyclic) bond motifs is 1. The van der Waals surface area contributed by atoms with Gasteiger partial charge in [0.15, 0.2) is 0 Å². The van der Waals surface area contributed by atoms with Gasteiger partial charge in [-0.05, 0) is 43.5 Å². The molecule has 0 saturated carbocycles. The van der Waals surface area contributed by atoms with Crippen LogP contribution in [-0.4, -0.2) is 35.2 Å². The Labute approximate surface area is 195 Å². The third-order valence-electron chi connectivity index (χ3n) is 6.10. The van der Waals surface area contributed by atoms with Crippen molar-refractivity contribution in [2.24, 2.45) is 0 Å². The molecule has 0 fully saturated rings. The molecule has 0 radical (unpaired) electrons. The number of unbranched alkanes of at least 4 members (excludes halogenated alkanes) is 4. The van der Waals surface area contributed by atoms with Crippen LogP contribution < -0.4 is 9.64 Å². The number of hydrogen-bond acceptors (Lipinski definition) is 3. The van der Waals surface area contributed by atoms with Gasteiger partial charge in [0, 0.05) is 37.5 Å². The first-order valence-corrected chi connectivity index (χ1v) is 11.6. The summed E-state index contributed by atoms with van der Waals surface area (Å²) in [5, 5.41) is 9.78. The number of aliphatic carboxylic acids is 1. The van der Waals surface area contributed by atoms with Gasteiger partial charge in [-0.2, -0.15) is 0 Å². The Morgan fingerprint density at radius 1 is 1.00 bits per heavy atom. The molecule has 3 aromatic rings. The van der Waals surface area contributed by atoms with E-state index >= 15 is 0 Å². The van der Waals surface area contributed by atoms with Crippen LogP contribution in [0.2, 0.25) is 0 Å². The number of methoxy groups -OCH3 is 1. The number of rotatable bonds is 12. The molecule has 0 aliphatic heterocycles. The first kappa shape index (κ1) is 24.4. The standard InChI is InChI=1S/C27H34N2O4/c1-20-27(28(21(2)30)17-11-6-4-5-10-14-26(31)32)24-18-23(33-3)15-16-25(24)29(20)19-22-12-8-7-9-13-22/h7-9,12-13,15-16,18H,4-6,10-11,14,17,19H2,1-3H3,(H,31,32). The van der Waals surface area contributed by atoms with Crippen LogP contribution >= 0.6 is 0 Å². The highest BCUT2D eigenvalue weighted by atomic mass is 16.5. The van der Waals surface area contributed by atoms with E-state index in [1.54, 1.807) is 14.0 Å². The summed E-state index contributed by atoms with van der Waals surface area (Å²) in [7, 11) is 1.65. The summed E-state index contributed by atoms with van der Waals surface area (Å²) >= 11 is 0. The fraction of sp³-hybridized carbons (Fsp3) is 0.407. The molecule has 2 aromatic carbocycles. The zero-order chi connectivity index (χ0) is 23.8. The summed E-state index contributed by atoms with van der Waals surface area (Å²) in [4.78, 5) is 25.3. The third-order valence-corrected chi connectivity index (χ3v) is 6.10. The molecule has 1 aromatic heterocycles. The number of carbonyl (C=O) groups is 2. The van der Waals surface area contributed by atoms with Gasteiger partial charge in [0.05, 0.1) is 18.3 Å². The summed E-state index contributed by atoms with van der Waals surface area (Å²) in [5.74, 6) is 0.0450. The highest BCUT2D eigenvalue weighted by Gasteiger charge is 2.22. The predicted molar refractivity (Wildman–Crippen MR) is 132 cm³/mol. The van der Waals surface area contributed by atoms with Crippen molar-refractivity contribution in [3.05, 3.63) is 59.8 Å². The molecule has 0 aliphatic carbocycles. The maximum Gasteiger partial charge on any atom is 0.303 e. The van der Waals surface area contributed by atoms with Crippen LogP contribution in [0.25, 0.3) is 10.9 Å². The lowest BCUT2D eigenvalue weighted by molar-refractivity contribution is -0.137. The molecule has 0 atom stereocenters. The number of ether oxygens (including phenoxy) is 1. The molecule has 0 saturated heterocycles. The molecule has 0 spiro atoms. The van der Waals surface area contributed by atoms with Gasteiger partial charge < -0.3 is 19.3 Å². The Morgan fingerprint density at radius 2 is 1.70 bits per heavy atom. The summed E-state index contributed by atoms with van der Waals surface area (Å²) in [5.41, 5.74) is 4.28. The summed E-state index contributed by atoms with van der Waals surface area (Å²) in [6.45, 7) is 5.06. The van der Waals surface area contributed by atoms with Crippen molar-refractivity contribution < 1.29 is 19.4 Å². The van der Waals surface area contributed by atoms with Gasteiger partial charge in [-0.15, -0.1) is 0 Å². The minimum Gasteiger partial charge on any atom is -0.497 e. The third kappa shape index (κ3) is 6.15. The monoisotopic (exact) mass is 450 g/mol. The highest BCUT2D eigenvalue weighted by Crippen LogP contribution is 2.37. The Kier molecular flexibility index (Phi) is 8.52. The SMILES string of the molecule is COc1ccc2c(c1)c(N(CCCCCCCC(=O)O)C(C)=O)c(C)n2Cc1ccccc1. The van der Waals surface area contributed by atoms with Crippen molar-refractivity contribution in [3.63, 3.8) is 0 Å². The number of carboxylic acid groups (broad SMARTS) is 1. The van der Waals surface area contributed by atoms with E-state index in [0.29, 0.717) is 13.0 Å². The number of hydrogen-bond donors (Lipinski definition) is 1. The van der Waals surface area contributed by atoms with Crippen molar-refractivity contribution in [1.82, 2.24) is 4.57 Å². The zero-order valence-electron chi connectivity index (χ0n) is 19.8. The van der Waals surface area contributed by atoms with E-state index in [-0.39, 0.29) is 12.3 Å². The molecule has 1 amide bonds. The summed E-state index contributed by atoms with van der Waals surface area (Å²) < 4.78 is 7.75. The molecule has 1 heterocycles. The summed E-state index contributed by atoms with van der Waals surface area (Å²) in [6.07, 6.45) is 4.65. The van der Waals surface area contributed by atoms with Crippen LogP contribution in [0.3, 0.4) is 0 Å². The van der Waals surface area contributed by atoms with E-state index < -0.39 is 5.97 Å². The second kappa shape index (κ2) is 11.5. The smallest absolute Gasteiger partial charge is 0.303 e. The number of benzene rings is 2. The van der Waals surface area contributed by atoms with Gasteiger partial charge >= 0.3 is 5.97 Å². The zero-order valence-corrected chi connectivity index (χ0v) is 19.8. The molecule has 33 heavy (non-hydrogen) atoms. The Bertz CT molecular complexity index is 1090. The van der Waals surface area contributed by atoms with Crippen molar-refractivity contribution >= 4 is 28.5 Å². The predicted octanol–water partition coefficient (Wildman–Crippen LogP) is 5.78. The number of amides is 1. The van der Waals surface area contributed by atoms with Crippen molar-refractivity contribution in [2.75, 3.05) is 18.6 Å². The second-order valence-corrected chi connectivity index (χ2v) is 8.47. The van der Waals surface area contributed by atoms with E-state index in [4.69, 9.17) is 9.84 Å². The molecule has 1 N–H and O–H groups in total. The molecule has 0 aliphatic rings. The van der Waals surface area contributed by atoms with E-state index in [1.807, 2.05) is 35.2 Å². The fourth-order valence-electron chi connectivity index (χ4n) is 4.38. The second-order valence-electron chi connectivity index (χ2n) is 8.47. The lowest BCUT2D eigenvalue weighted by atomic mass is 10.1. The Balaban J connectivity index is 1.86. The minimum atomic E-state index is -0.740. The van der Waals surface area contributed by atoms with Gasteiger partial charge in [-0.1, -0.05) is 49.6 Å². The first-order valence-electron chi connectivity index (χ1n) is 11.6. The van der Waals surface area contributed by atoms with Crippen LogP contribution in [0.4, 0.5) is 5.69 Å². The van der Waals surface area contributed by atoms with Gasteiger partial charge in [0.2, 0.25) is 5.91 Å². The van der Waals surface area contributed by atoms with Crippen molar-refractivity contribution in [1.29, 1.82) is 0 Å². The molecule has 0 unspecified atom stereocenters. The van der Waals surface area contributed by atoms with Gasteiger partial charge in [-0.3, -0.25) is 9.59 Å². The van der Waals surface area contributed by atoms with Crippen molar-refractivity contribution in [2.45, 2.75) is 58.9 Å². The molecule has 0 bridgehead atoms. The molecule has 6 nitrogen and oxygen atoms in total. The topological polar surface area (TPSA) is 71.8 Å². The van der Waals surface area contributed by atoms with E-state index in [1.165, 1.54) is 5.56 Å². The van der Waals surface area contributed by atoms with Crippen LogP contribution in [0.1, 0.15) is 56.7 Å². The molecular formula is C27H34N2O4. The minimum absolute atomic E-state index is 0.0190. The molecular weight excluding hydrogens is 416 g/mol. The van der Waals surface area contributed by atoms with Crippen LogP contribution in [0.15, 0.2) is 48.5 Å². The number of aromatic nitrogens is 1. The molecule has 6 heteroatoms. The fourth-order valence-corrected chi connectivity index (χ4v) is 4.38. The average molecular weight is 451 g/mol. The lowest BCUT2D eigenvalue weighted by Crippen LogP contribution is -2.30. The van der Waals surface area contributed by atoms with Crippen LogP contribution in [0.5, 0.6) is 5.75 Å². The normalized spacial score (nSPS) is 11.0. The largest absolute Gasteiger partial charge is 0.497 e. The van der Waals surface area contributed by atoms with E-state index in [0.717, 1.165) is 60.3 Å². The average Bonchev–Trinajstić information content (AvgIpc) is 3.06. The quantitative estimate of drug-likeness (QED) is 0.355. The van der Waals surface area contributed by atoms with Crippen LogP contribution in [0, 0.1) is 6.92 Å². The summed E-state index contributed by atoms with van der Waals surface area (Å²) in [6, 6.07) is 16.4. The van der Waals surface area contributed by atoms with Crippen molar-refractivity contribution in [3.8, 4) is 5.75 Å². The number of carbonyl (C=O) groups excluding carboxylic acids is 1. The molecule has 176 valence electrons. The van der Waals surface area contributed by atoms with E-state index in [9.17, 15) is 9.59 Å². The van der Waals surface area contributed by atoms with Gasteiger partial charge in [0.25, 0.3) is 0 Å². The Morgan fingerprint density at radius 3 is 2.36 bits per heavy atom. The number of nitrogens with zero attached hydrogens (tertiary/aromatic N) is 2. The van der Waals surface area contributed by atoms with Crippen LogP contribution in [-0.2, 0) is 16.1 Å². The lowest BCUT2D eigenvalue weighted by Gasteiger charge is -2.22. The first-order chi connectivity index (χ1) is 15.9. The number of anilines is 1. The van der Waals surface area contributed by atoms with Gasteiger partial charge in [-0.25, -0.2) is 0 Å². The molecule has 3 rings (SSSR count).